The number of aliphatic hydroxyl groups excluding tert-OH is 1. The topological polar surface area (TPSA) is 29.5 Å². The van der Waals surface area contributed by atoms with Gasteiger partial charge in [-0.2, -0.15) is 11.8 Å². The molecule has 0 saturated carbocycles. The van der Waals surface area contributed by atoms with Crippen LogP contribution >= 0.6 is 11.8 Å². The molecule has 0 bridgehead atoms. The third-order valence-electron chi connectivity index (χ3n) is 3.65. The van der Waals surface area contributed by atoms with Crippen molar-refractivity contribution in [2.75, 3.05) is 24.7 Å². The summed E-state index contributed by atoms with van der Waals surface area (Å²) in [6.07, 6.45) is 2.43. The average molecular weight is 266 g/mol. The lowest BCUT2D eigenvalue weighted by Crippen LogP contribution is -2.28. The van der Waals surface area contributed by atoms with Gasteiger partial charge in [-0.1, -0.05) is 17.7 Å². The van der Waals surface area contributed by atoms with Gasteiger partial charge in [0.15, 0.2) is 0 Å². The summed E-state index contributed by atoms with van der Waals surface area (Å²) >= 11 is 2.02. The average Bonchev–Trinajstić information content (AvgIpc) is 2.43. The molecule has 0 aliphatic carbocycles. The van der Waals surface area contributed by atoms with Crippen molar-refractivity contribution in [1.82, 2.24) is 0 Å². The number of hydrogen-bond donors (Lipinski definition) is 1. The highest BCUT2D eigenvalue weighted by Crippen LogP contribution is 2.29. The molecule has 3 heteroatoms. The number of rotatable bonds is 5. The summed E-state index contributed by atoms with van der Waals surface area (Å²) in [5.74, 6) is 4.27. The summed E-state index contributed by atoms with van der Waals surface area (Å²) in [7, 11) is 0. The van der Waals surface area contributed by atoms with E-state index in [1.54, 1.807) is 0 Å². The van der Waals surface area contributed by atoms with Crippen molar-refractivity contribution in [2.45, 2.75) is 19.8 Å². The third kappa shape index (κ3) is 3.92. The lowest BCUT2D eigenvalue weighted by molar-refractivity contribution is 0.113. The molecule has 0 amide bonds. The van der Waals surface area contributed by atoms with Crippen LogP contribution in [-0.2, 0) is 0 Å². The Kier molecular flexibility index (Phi) is 5.39. The van der Waals surface area contributed by atoms with Crippen molar-refractivity contribution in [3.05, 3.63) is 29.8 Å². The van der Waals surface area contributed by atoms with E-state index in [2.05, 4.69) is 19.1 Å². The van der Waals surface area contributed by atoms with Crippen molar-refractivity contribution < 1.29 is 9.84 Å². The summed E-state index contributed by atoms with van der Waals surface area (Å²) < 4.78 is 5.80. The molecule has 1 unspecified atom stereocenters. The Bertz CT molecular complexity index is 344. The molecule has 0 spiro atoms. The summed E-state index contributed by atoms with van der Waals surface area (Å²) in [4.78, 5) is 0. The normalized spacial score (nSPS) is 18.6. The van der Waals surface area contributed by atoms with Crippen LogP contribution in [0.3, 0.4) is 0 Å². The van der Waals surface area contributed by atoms with Gasteiger partial charge >= 0.3 is 0 Å². The molecule has 100 valence electrons. The van der Waals surface area contributed by atoms with E-state index in [1.807, 2.05) is 23.9 Å². The van der Waals surface area contributed by atoms with Crippen LogP contribution in [-0.4, -0.2) is 29.8 Å². The Labute approximate surface area is 114 Å². The van der Waals surface area contributed by atoms with E-state index in [9.17, 15) is 5.11 Å². The van der Waals surface area contributed by atoms with Crippen LogP contribution < -0.4 is 4.74 Å². The van der Waals surface area contributed by atoms with Crippen LogP contribution in [0.2, 0.25) is 0 Å². The first-order valence-electron chi connectivity index (χ1n) is 6.67. The Balaban J connectivity index is 1.84. The highest BCUT2D eigenvalue weighted by molar-refractivity contribution is 7.99. The lowest BCUT2D eigenvalue weighted by Gasteiger charge is -2.28. The summed E-state index contributed by atoms with van der Waals surface area (Å²) in [6.45, 7) is 2.94. The van der Waals surface area contributed by atoms with Gasteiger partial charge in [-0.25, -0.2) is 0 Å². The molecular formula is C15H22O2S. The van der Waals surface area contributed by atoms with Crippen molar-refractivity contribution >= 4 is 11.8 Å². The zero-order valence-corrected chi connectivity index (χ0v) is 11.8. The predicted octanol–water partition coefficient (Wildman–Crippen LogP) is 3.13. The fraction of sp³-hybridized carbons (Fsp3) is 0.600. The van der Waals surface area contributed by atoms with Crippen molar-refractivity contribution in [1.29, 1.82) is 0 Å². The standard InChI is InChI=1S/C15H22O2S/c1-12-2-4-15(5-3-12)17-11-14(10-16)13-6-8-18-9-7-13/h2-5,13-14,16H,6-11H2,1H3. The van der Waals surface area contributed by atoms with E-state index in [0.717, 1.165) is 5.75 Å². The van der Waals surface area contributed by atoms with E-state index in [1.165, 1.54) is 29.9 Å². The van der Waals surface area contributed by atoms with Gasteiger partial charge in [-0.05, 0) is 49.3 Å². The van der Waals surface area contributed by atoms with Crippen LogP contribution in [0.1, 0.15) is 18.4 Å². The second-order valence-electron chi connectivity index (χ2n) is 5.02. The summed E-state index contributed by atoms with van der Waals surface area (Å²) in [5, 5.41) is 9.51. The first-order valence-corrected chi connectivity index (χ1v) is 7.83. The zero-order chi connectivity index (χ0) is 12.8. The smallest absolute Gasteiger partial charge is 0.119 e. The SMILES string of the molecule is Cc1ccc(OCC(CO)C2CCSCC2)cc1. The van der Waals surface area contributed by atoms with E-state index in [4.69, 9.17) is 4.74 Å². The molecule has 0 radical (unpaired) electrons. The zero-order valence-electron chi connectivity index (χ0n) is 11.0. The van der Waals surface area contributed by atoms with Crippen LogP contribution in [0.25, 0.3) is 0 Å². The predicted molar refractivity (Wildman–Crippen MR) is 77.3 cm³/mol. The van der Waals surface area contributed by atoms with E-state index in [-0.39, 0.29) is 12.5 Å². The molecule has 1 N–H and O–H groups in total. The van der Waals surface area contributed by atoms with Gasteiger partial charge < -0.3 is 9.84 Å². The van der Waals surface area contributed by atoms with Gasteiger partial charge in [0.05, 0.1) is 6.61 Å². The second-order valence-corrected chi connectivity index (χ2v) is 6.24. The molecule has 1 atom stereocenters. The lowest BCUT2D eigenvalue weighted by atomic mass is 9.88. The van der Waals surface area contributed by atoms with Crippen LogP contribution in [0.4, 0.5) is 0 Å². The summed E-state index contributed by atoms with van der Waals surface area (Å²) in [5.41, 5.74) is 1.24. The van der Waals surface area contributed by atoms with Gasteiger partial charge in [0.1, 0.15) is 5.75 Å². The highest BCUT2D eigenvalue weighted by Gasteiger charge is 2.23. The first-order chi connectivity index (χ1) is 8.79. The fourth-order valence-electron chi connectivity index (χ4n) is 2.36. The minimum Gasteiger partial charge on any atom is -0.493 e. The first kappa shape index (κ1) is 13.8. The Hall–Kier alpha value is -0.670. The Morgan fingerprint density at radius 3 is 2.56 bits per heavy atom. The number of aliphatic hydroxyl groups is 1. The summed E-state index contributed by atoms with van der Waals surface area (Å²) in [6, 6.07) is 8.11. The van der Waals surface area contributed by atoms with Crippen molar-refractivity contribution in [3.8, 4) is 5.75 Å². The van der Waals surface area contributed by atoms with Crippen LogP contribution in [0.5, 0.6) is 5.75 Å². The van der Waals surface area contributed by atoms with Gasteiger partial charge in [-0.3, -0.25) is 0 Å². The molecule has 18 heavy (non-hydrogen) atoms. The third-order valence-corrected chi connectivity index (χ3v) is 4.70. The Morgan fingerprint density at radius 1 is 1.28 bits per heavy atom. The molecule has 2 rings (SSSR count). The molecule has 1 fully saturated rings. The minimum atomic E-state index is 0.237. The monoisotopic (exact) mass is 266 g/mol. The van der Waals surface area contributed by atoms with Crippen LogP contribution in [0.15, 0.2) is 24.3 Å². The van der Waals surface area contributed by atoms with Gasteiger partial charge in [0, 0.05) is 12.5 Å². The number of thioether (sulfide) groups is 1. The number of hydrogen-bond acceptors (Lipinski definition) is 3. The minimum absolute atomic E-state index is 0.237. The molecule has 2 nitrogen and oxygen atoms in total. The molecule has 1 aliphatic rings. The maximum absolute atomic E-state index is 9.51. The highest BCUT2D eigenvalue weighted by atomic mass is 32.2. The molecule has 1 aromatic rings. The quantitative estimate of drug-likeness (QED) is 0.888. The molecule has 1 aliphatic heterocycles. The number of ether oxygens (including phenoxy) is 1. The van der Waals surface area contributed by atoms with Crippen molar-refractivity contribution in [3.63, 3.8) is 0 Å². The number of aryl methyl sites for hydroxylation is 1. The molecule has 1 aromatic carbocycles. The molecule has 1 heterocycles. The maximum atomic E-state index is 9.51. The van der Waals surface area contributed by atoms with Gasteiger partial charge in [0.25, 0.3) is 0 Å². The van der Waals surface area contributed by atoms with Gasteiger partial charge in [-0.15, -0.1) is 0 Å². The molecular weight excluding hydrogens is 244 g/mol. The van der Waals surface area contributed by atoms with E-state index >= 15 is 0 Å². The second kappa shape index (κ2) is 7.05. The van der Waals surface area contributed by atoms with Crippen LogP contribution in [0, 0.1) is 18.8 Å². The largest absolute Gasteiger partial charge is 0.493 e. The van der Waals surface area contributed by atoms with E-state index < -0.39 is 0 Å². The fourth-order valence-corrected chi connectivity index (χ4v) is 3.51. The molecule has 1 saturated heterocycles. The van der Waals surface area contributed by atoms with E-state index in [0.29, 0.717) is 12.5 Å². The number of benzene rings is 1. The molecule has 0 aromatic heterocycles. The Morgan fingerprint density at radius 2 is 1.94 bits per heavy atom. The maximum Gasteiger partial charge on any atom is 0.119 e. The van der Waals surface area contributed by atoms with Gasteiger partial charge in [0.2, 0.25) is 0 Å². The van der Waals surface area contributed by atoms with Crippen molar-refractivity contribution in [2.24, 2.45) is 11.8 Å².